The van der Waals surface area contributed by atoms with Crippen LogP contribution in [-0.4, -0.2) is 36.1 Å². The van der Waals surface area contributed by atoms with Crippen LogP contribution >= 0.6 is 0 Å². The minimum atomic E-state index is -0.559. The first-order valence-electron chi connectivity index (χ1n) is 8.62. The number of piperidine rings is 1. The maximum absolute atomic E-state index is 13.1. The fourth-order valence-electron chi connectivity index (χ4n) is 4.02. The summed E-state index contributed by atoms with van der Waals surface area (Å²) in [6.45, 7) is 1.99. The van der Waals surface area contributed by atoms with Gasteiger partial charge in [-0.2, -0.15) is 0 Å². The highest BCUT2D eigenvalue weighted by Gasteiger charge is 2.43. The van der Waals surface area contributed by atoms with Crippen LogP contribution in [0.5, 0.6) is 0 Å². The van der Waals surface area contributed by atoms with Crippen molar-refractivity contribution in [1.29, 1.82) is 0 Å². The van der Waals surface area contributed by atoms with Gasteiger partial charge in [0.2, 0.25) is 0 Å². The van der Waals surface area contributed by atoms with E-state index in [1.807, 2.05) is 23.1 Å². The van der Waals surface area contributed by atoms with Gasteiger partial charge in [-0.3, -0.25) is 4.79 Å². The maximum Gasteiger partial charge on any atom is 0.349 e. The van der Waals surface area contributed by atoms with E-state index >= 15 is 0 Å². The van der Waals surface area contributed by atoms with E-state index in [0.717, 1.165) is 44.1 Å². The lowest BCUT2D eigenvalue weighted by molar-refractivity contribution is -0.0549. The van der Waals surface area contributed by atoms with Gasteiger partial charge in [0.15, 0.2) is 0 Å². The van der Waals surface area contributed by atoms with Crippen LogP contribution in [0.3, 0.4) is 0 Å². The molecule has 1 atom stereocenters. The third-order valence-corrected chi connectivity index (χ3v) is 5.26. The minimum Gasteiger partial charge on any atom is -0.422 e. The van der Waals surface area contributed by atoms with Crippen molar-refractivity contribution in [2.75, 3.05) is 19.8 Å². The first-order valence-corrected chi connectivity index (χ1v) is 8.62. The molecule has 0 radical (unpaired) electrons. The number of para-hydroxylation sites is 1. The topological polar surface area (TPSA) is 59.8 Å². The molecule has 1 amide bonds. The van der Waals surface area contributed by atoms with Crippen molar-refractivity contribution in [3.8, 4) is 0 Å². The number of carbonyl (C=O) groups excluding carboxylic acids is 1. The van der Waals surface area contributed by atoms with E-state index in [1.165, 1.54) is 0 Å². The van der Waals surface area contributed by atoms with Crippen molar-refractivity contribution >= 4 is 16.9 Å². The van der Waals surface area contributed by atoms with Gasteiger partial charge in [0.05, 0.1) is 12.1 Å². The lowest BCUT2D eigenvalue weighted by Gasteiger charge is -2.49. The fraction of sp³-hybridized carbons (Fsp3) is 0.474. The summed E-state index contributed by atoms with van der Waals surface area (Å²) in [5.74, 6) is -0.222. The molecule has 2 aliphatic rings. The van der Waals surface area contributed by atoms with Crippen LogP contribution in [0, 0.1) is 0 Å². The summed E-state index contributed by atoms with van der Waals surface area (Å²) in [6.07, 6.45) is 4.90. The van der Waals surface area contributed by atoms with E-state index in [-0.39, 0.29) is 17.0 Å². The van der Waals surface area contributed by atoms with Gasteiger partial charge in [-0.25, -0.2) is 4.79 Å². The minimum absolute atomic E-state index is 0.126. The molecule has 2 aromatic rings. The third-order valence-electron chi connectivity index (χ3n) is 5.26. The van der Waals surface area contributed by atoms with Gasteiger partial charge in [-0.1, -0.05) is 18.2 Å². The van der Waals surface area contributed by atoms with Crippen LogP contribution < -0.4 is 5.63 Å². The Labute approximate surface area is 140 Å². The Morgan fingerprint density at radius 1 is 1.12 bits per heavy atom. The van der Waals surface area contributed by atoms with Gasteiger partial charge in [0.1, 0.15) is 11.1 Å². The van der Waals surface area contributed by atoms with Gasteiger partial charge in [-0.15, -0.1) is 0 Å². The maximum atomic E-state index is 13.1. The van der Waals surface area contributed by atoms with E-state index in [0.29, 0.717) is 18.7 Å². The van der Waals surface area contributed by atoms with Crippen molar-refractivity contribution in [2.24, 2.45) is 0 Å². The van der Waals surface area contributed by atoms with Gasteiger partial charge < -0.3 is 14.1 Å². The number of fused-ring (bicyclic) bond motifs is 1. The normalized spacial score (nSPS) is 24.4. The van der Waals surface area contributed by atoms with E-state index in [2.05, 4.69) is 0 Å². The van der Waals surface area contributed by atoms with Crippen molar-refractivity contribution in [2.45, 2.75) is 37.6 Å². The van der Waals surface area contributed by atoms with Crippen molar-refractivity contribution in [3.63, 3.8) is 0 Å². The summed E-state index contributed by atoms with van der Waals surface area (Å²) in [4.78, 5) is 27.4. The molecule has 1 unspecified atom stereocenters. The van der Waals surface area contributed by atoms with E-state index < -0.39 is 5.63 Å². The quantitative estimate of drug-likeness (QED) is 0.756. The van der Waals surface area contributed by atoms with Gasteiger partial charge in [0.25, 0.3) is 5.91 Å². The fourth-order valence-corrected chi connectivity index (χ4v) is 4.02. The Morgan fingerprint density at radius 3 is 2.79 bits per heavy atom. The molecule has 4 rings (SSSR count). The second-order valence-corrected chi connectivity index (χ2v) is 6.78. The van der Waals surface area contributed by atoms with Crippen LogP contribution in [0.15, 0.2) is 39.5 Å². The van der Waals surface area contributed by atoms with E-state index in [1.54, 1.807) is 12.1 Å². The first-order chi connectivity index (χ1) is 11.7. The molecule has 2 aliphatic heterocycles. The zero-order valence-electron chi connectivity index (χ0n) is 13.6. The number of ether oxygens (including phenoxy) is 1. The molecule has 0 saturated carbocycles. The predicted octanol–water partition coefficient (Wildman–Crippen LogP) is 2.97. The second-order valence-electron chi connectivity index (χ2n) is 6.78. The average Bonchev–Trinajstić information content (AvgIpc) is 2.62. The number of likely N-dealkylation sites (tertiary alicyclic amines) is 1. The zero-order valence-corrected chi connectivity index (χ0v) is 13.6. The Hall–Kier alpha value is -2.14. The Kier molecular flexibility index (Phi) is 3.88. The molecule has 5 heteroatoms. The first kappa shape index (κ1) is 15.4. The number of hydrogen-bond donors (Lipinski definition) is 0. The summed E-state index contributed by atoms with van der Waals surface area (Å²) in [5, 5.41) is 0.770. The average molecular weight is 327 g/mol. The molecule has 2 fully saturated rings. The van der Waals surface area contributed by atoms with Gasteiger partial charge >= 0.3 is 5.63 Å². The summed E-state index contributed by atoms with van der Waals surface area (Å²) >= 11 is 0. The van der Waals surface area contributed by atoms with Gasteiger partial charge in [0, 0.05) is 18.5 Å². The standard InChI is InChI=1S/C19H21NO4/c21-17(15-12-14-6-1-2-7-16(14)24-18(15)22)20-10-4-3-8-19(20)9-5-11-23-13-19/h1-2,6-7,12H,3-5,8-11,13H2. The monoisotopic (exact) mass is 327 g/mol. The van der Waals surface area contributed by atoms with Crippen molar-refractivity contribution < 1.29 is 13.9 Å². The van der Waals surface area contributed by atoms with Crippen molar-refractivity contribution in [3.05, 3.63) is 46.3 Å². The predicted molar refractivity (Wildman–Crippen MR) is 90.2 cm³/mol. The molecular weight excluding hydrogens is 306 g/mol. The third kappa shape index (κ3) is 2.53. The molecule has 2 saturated heterocycles. The summed E-state index contributed by atoms with van der Waals surface area (Å²) in [7, 11) is 0. The van der Waals surface area contributed by atoms with E-state index in [4.69, 9.17) is 9.15 Å². The summed E-state index contributed by atoms with van der Waals surface area (Å²) < 4.78 is 11.0. The molecule has 0 aliphatic carbocycles. The zero-order chi connectivity index (χ0) is 16.6. The molecule has 1 spiro atoms. The Morgan fingerprint density at radius 2 is 1.96 bits per heavy atom. The molecule has 0 N–H and O–H groups in total. The Balaban J connectivity index is 1.74. The summed E-state index contributed by atoms with van der Waals surface area (Å²) in [5.41, 5.74) is -0.184. The number of amides is 1. The molecule has 0 bridgehead atoms. The second kappa shape index (κ2) is 6.06. The molecular formula is C19H21NO4. The highest BCUT2D eigenvalue weighted by molar-refractivity contribution is 5.97. The van der Waals surface area contributed by atoms with Crippen LogP contribution in [0.4, 0.5) is 0 Å². The molecule has 5 nitrogen and oxygen atoms in total. The van der Waals surface area contributed by atoms with Crippen molar-refractivity contribution in [1.82, 2.24) is 4.90 Å². The smallest absolute Gasteiger partial charge is 0.349 e. The number of carbonyl (C=O) groups is 1. The molecule has 1 aromatic carbocycles. The lowest BCUT2D eigenvalue weighted by Crippen LogP contribution is -2.59. The SMILES string of the molecule is O=C(c1cc2ccccc2oc1=O)N1CCCCC12CCCOC2. The highest BCUT2D eigenvalue weighted by atomic mass is 16.5. The van der Waals surface area contributed by atoms with Crippen LogP contribution in [0.25, 0.3) is 11.0 Å². The van der Waals surface area contributed by atoms with E-state index in [9.17, 15) is 9.59 Å². The number of nitrogens with zero attached hydrogens (tertiary/aromatic N) is 1. The van der Waals surface area contributed by atoms with Crippen LogP contribution in [-0.2, 0) is 4.74 Å². The molecule has 24 heavy (non-hydrogen) atoms. The largest absolute Gasteiger partial charge is 0.422 e. The molecule has 3 heterocycles. The molecule has 126 valence electrons. The number of benzene rings is 1. The molecule has 1 aromatic heterocycles. The summed E-state index contributed by atoms with van der Waals surface area (Å²) in [6, 6.07) is 8.93. The van der Waals surface area contributed by atoms with Gasteiger partial charge in [-0.05, 0) is 44.2 Å². The lowest BCUT2D eigenvalue weighted by atomic mass is 9.81. The van der Waals surface area contributed by atoms with Crippen LogP contribution in [0.1, 0.15) is 42.5 Å². The number of rotatable bonds is 1. The number of hydrogen-bond acceptors (Lipinski definition) is 4. The van der Waals surface area contributed by atoms with Crippen LogP contribution in [0.2, 0.25) is 0 Å². The Bertz CT molecular complexity index is 811. The highest BCUT2D eigenvalue weighted by Crippen LogP contribution is 2.36.